The maximum Gasteiger partial charge on any atom is 0.0718 e. The number of hydrogen-bond donors (Lipinski definition) is 1. The van der Waals surface area contributed by atoms with Crippen molar-refractivity contribution in [3.05, 3.63) is 34.9 Å². The number of hydrogen-bond acceptors (Lipinski definition) is 2. The normalized spacial score (nSPS) is 20.5. The van der Waals surface area contributed by atoms with Crippen LogP contribution in [0.2, 0.25) is 5.02 Å². The number of nitrogens with one attached hydrogen (secondary N) is 1. The lowest BCUT2D eigenvalue weighted by Crippen LogP contribution is -2.45. The van der Waals surface area contributed by atoms with E-state index in [0.29, 0.717) is 12.6 Å². The van der Waals surface area contributed by atoms with Crippen LogP contribution in [0.3, 0.4) is 0 Å². The Morgan fingerprint density at radius 3 is 3.00 bits per heavy atom. The second-order valence-corrected chi connectivity index (χ2v) is 4.02. The summed E-state index contributed by atoms with van der Waals surface area (Å²) in [7, 11) is 0. The first-order valence-electron chi connectivity index (χ1n) is 4.90. The van der Waals surface area contributed by atoms with Gasteiger partial charge in [0.1, 0.15) is 0 Å². The summed E-state index contributed by atoms with van der Waals surface area (Å²) in [5, 5.41) is 4.06. The Balaban J connectivity index is 1.74. The van der Waals surface area contributed by atoms with Crippen molar-refractivity contribution in [1.29, 1.82) is 0 Å². The smallest absolute Gasteiger partial charge is 0.0718 e. The molecule has 14 heavy (non-hydrogen) atoms. The minimum absolute atomic E-state index is 0.564. The highest BCUT2D eigenvalue weighted by molar-refractivity contribution is 6.30. The molecule has 0 aromatic heterocycles. The summed E-state index contributed by atoms with van der Waals surface area (Å²) in [6.45, 7) is 2.58. The van der Waals surface area contributed by atoms with Gasteiger partial charge < -0.3 is 10.1 Å². The molecule has 2 nitrogen and oxygen atoms in total. The number of ether oxygens (including phenoxy) is 1. The molecule has 1 fully saturated rings. The third-order valence-electron chi connectivity index (χ3n) is 2.40. The summed E-state index contributed by atoms with van der Waals surface area (Å²) in [4.78, 5) is 0. The van der Waals surface area contributed by atoms with E-state index in [-0.39, 0.29) is 0 Å². The monoisotopic (exact) mass is 211 g/mol. The van der Waals surface area contributed by atoms with Crippen LogP contribution in [0.4, 0.5) is 0 Å². The summed E-state index contributed by atoms with van der Waals surface area (Å²) in [5.41, 5.74) is 1.14. The molecule has 1 N–H and O–H groups in total. The quantitative estimate of drug-likeness (QED) is 0.825. The second-order valence-electron chi connectivity index (χ2n) is 3.58. The van der Waals surface area contributed by atoms with Gasteiger partial charge in [-0.25, -0.2) is 0 Å². The second kappa shape index (κ2) is 4.78. The largest absolute Gasteiger partial charge is 0.375 e. The highest BCUT2D eigenvalue weighted by Crippen LogP contribution is 2.12. The highest BCUT2D eigenvalue weighted by Gasteiger charge is 2.15. The van der Waals surface area contributed by atoms with E-state index in [1.165, 1.54) is 6.42 Å². The van der Waals surface area contributed by atoms with Crippen molar-refractivity contribution in [2.24, 2.45) is 0 Å². The van der Waals surface area contributed by atoms with Gasteiger partial charge in [0.2, 0.25) is 0 Å². The molecule has 1 aliphatic heterocycles. The van der Waals surface area contributed by atoms with Crippen LogP contribution in [0.25, 0.3) is 0 Å². The van der Waals surface area contributed by atoms with Crippen LogP contribution in [-0.2, 0) is 11.3 Å². The van der Waals surface area contributed by atoms with Crippen molar-refractivity contribution >= 4 is 11.6 Å². The molecule has 3 heteroatoms. The van der Waals surface area contributed by atoms with Crippen molar-refractivity contribution in [2.45, 2.75) is 19.1 Å². The molecule has 1 saturated heterocycles. The predicted octanol–water partition coefficient (Wildman–Crippen LogP) is 2.22. The highest BCUT2D eigenvalue weighted by atomic mass is 35.5. The summed E-state index contributed by atoms with van der Waals surface area (Å²) in [5.74, 6) is 0. The zero-order valence-corrected chi connectivity index (χ0v) is 8.76. The minimum Gasteiger partial charge on any atom is -0.375 e. The van der Waals surface area contributed by atoms with Crippen LogP contribution in [-0.4, -0.2) is 19.2 Å². The minimum atomic E-state index is 0.564. The molecule has 0 amide bonds. The van der Waals surface area contributed by atoms with Gasteiger partial charge in [-0.05, 0) is 30.7 Å². The molecular weight excluding hydrogens is 198 g/mol. The van der Waals surface area contributed by atoms with Gasteiger partial charge >= 0.3 is 0 Å². The number of benzene rings is 1. The van der Waals surface area contributed by atoms with Gasteiger partial charge in [-0.1, -0.05) is 23.7 Å². The van der Waals surface area contributed by atoms with E-state index in [2.05, 4.69) is 5.32 Å². The Morgan fingerprint density at radius 1 is 1.50 bits per heavy atom. The molecule has 1 atom stereocenters. The first-order chi connectivity index (χ1) is 6.84. The number of halogens is 1. The van der Waals surface area contributed by atoms with Crippen LogP contribution >= 0.6 is 11.6 Å². The van der Waals surface area contributed by atoms with Crippen LogP contribution in [0, 0.1) is 0 Å². The lowest BCUT2D eigenvalue weighted by atomic mass is 10.1. The average molecular weight is 212 g/mol. The fourth-order valence-corrected chi connectivity index (χ4v) is 1.65. The maximum atomic E-state index is 5.86. The van der Waals surface area contributed by atoms with Crippen molar-refractivity contribution in [3.8, 4) is 0 Å². The molecule has 0 bridgehead atoms. The molecule has 0 radical (unpaired) electrons. The van der Waals surface area contributed by atoms with E-state index in [4.69, 9.17) is 16.3 Å². The Labute approximate surface area is 89.2 Å². The van der Waals surface area contributed by atoms with E-state index in [1.807, 2.05) is 24.3 Å². The fraction of sp³-hybridized carbons (Fsp3) is 0.455. The standard InChI is InChI=1S/C11H14ClNO/c12-10-3-1-2-9(6-10)7-14-8-11-4-5-13-11/h1-3,6,11,13H,4-5,7-8H2. The summed E-state index contributed by atoms with van der Waals surface area (Å²) in [6, 6.07) is 8.35. The average Bonchev–Trinajstić information content (AvgIpc) is 2.09. The molecule has 0 saturated carbocycles. The van der Waals surface area contributed by atoms with Gasteiger partial charge in [-0.3, -0.25) is 0 Å². The molecule has 0 spiro atoms. The third-order valence-corrected chi connectivity index (χ3v) is 2.64. The summed E-state index contributed by atoms with van der Waals surface area (Å²) < 4.78 is 5.56. The van der Waals surface area contributed by atoms with Crippen molar-refractivity contribution < 1.29 is 4.74 Å². The predicted molar refractivity (Wildman–Crippen MR) is 57.5 cm³/mol. The topological polar surface area (TPSA) is 21.3 Å². The molecular formula is C11H14ClNO. The molecule has 2 rings (SSSR count). The van der Waals surface area contributed by atoms with Gasteiger partial charge in [-0.2, -0.15) is 0 Å². The molecule has 76 valence electrons. The van der Waals surface area contributed by atoms with Gasteiger partial charge in [-0.15, -0.1) is 0 Å². The first-order valence-corrected chi connectivity index (χ1v) is 5.28. The molecule has 1 aliphatic rings. The SMILES string of the molecule is Clc1cccc(COCC2CCN2)c1. The third kappa shape index (κ3) is 2.71. The molecule has 1 unspecified atom stereocenters. The van der Waals surface area contributed by atoms with Crippen molar-refractivity contribution in [2.75, 3.05) is 13.2 Å². The lowest BCUT2D eigenvalue weighted by Gasteiger charge is -2.27. The zero-order valence-electron chi connectivity index (χ0n) is 8.00. The van der Waals surface area contributed by atoms with Crippen molar-refractivity contribution in [1.82, 2.24) is 5.32 Å². The van der Waals surface area contributed by atoms with Gasteiger partial charge in [0.05, 0.1) is 13.2 Å². The molecule has 1 aromatic carbocycles. The Kier molecular flexibility index (Phi) is 3.40. The van der Waals surface area contributed by atoms with Gasteiger partial charge in [0, 0.05) is 11.1 Å². The Hall–Kier alpha value is -0.570. The van der Waals surface area contributed by atoms with E-state index in [0.717, 1.165) is 23.7 Å². The maximum absolute atomic E-state index is 5.86. The first kappa shape index (κ1) is 9.97. The molecule has 1 aromatic rings. The van der Waals surface area contributed by atoms with Crippen LogP contribution < -0.4 is 5.32 Å². The Morgan fingerprint density at radius 2 is 2.36 bits per heavy atom. The van der Waals surface area contributed by atoms with E-state index in [9.17, 15) is 0 Å². The van der Waals surface area contributed by atoms with E-state index in [1.54, 1.807) is 0 Å². The van der Waals surface area contributed by atoms with Crippen LogP contribution in [0.15, 0.2) is 24.3 Å². The number of rotatable bonds is 4. The molecule has 0 aliphatic carbocycles. The zero-order chi connectivity index (χ0) is 9.80. The summed E-state index contributed by atoms with van der Waals surface area (Å²) >= 11 is 5.86. The van der Waals surface area contributed by atoms with E-state index < -0.39 is 0 Å². The molecule has 1 heterocycles. The van der Waals surface area contributed by atoms with E-state index >= 15 is 0 Å². The fourth-order valence-electron chi connectivity index (χ4n) is 1.44. The lowest BCUT2D eigenvalue weighted by molar-refractivity contribution is 0.0807. The summed E-state index contributed by atoms with van der Waals surface area (Å²) in [6.07, 6.45) is 1.23. The Bertz CT molecular complexity index is 299. The van der Waals surface area contributed by atoms with Crippen molar-refractivity contribution in [3.63, 3.8) is 0 Å². The van der Waals surface area contributed by atoms with Gasteiger partial charge in [0.15, 0.2) is 0 Å². The van der Waals surface area contributed by atoms with Gasteiger partial charge in [0.25, 0.3) is 0 Å². The van der Waals surface area contributed by atoms with Crippen LogP contribution in [0.5, 0.6) is 0 Å². The van der Waals surface area contributed by atoms with Crippen LogP contribution in [0.1, 0.15) is 12.0 Å².